The predicted octanol–water partition coefficient (Wildman–Crippen LogP) is 2.89. The SMILES string of the molecule is Cc1ccc(/C=N\NC(=O)c2cccc(-n3cccc3)c2)n1C. The first-order valence-corrected chi connectivity index (χ1v) is 7.34. The molecule has 23 heavy (non-hydrogen) atoms. The molecule has 0 fully saturated rings. The summed E-state index contributed by atoms with van der Waals surface area (Å²) in [5.74, 6) is -0.235. The number of carbonyl (C=O) groups excluding carboxylic acids is 1. The Balaban J connectivity index is 1.71. The number of amides is 1. The summed E-state index contributed by atoms with van der Waals surface area (Å²) in [6.07, 6.45) is 5.51. The van der Waals surface area contributed by atoms with Crippen molar-refractivity contribution in [1.29, 1.82) is 0 Å². The van der Waals surface area contributed by atoms with Gasteiger partial charge in [0.05, 0.1) is 11.9 Å². The third kappa shape index (κ3) is 3.23. The van der Waals surface area contributed by atoms with Gasteiger partial charge in [-0.1, -0.05) is 6.07 Å². The first kappa shape index (κ1) is 14.8. The fourth-order valence-corrected chi connectivity index (χ4v) is 2.30. The fourth-order valence-electron chi connectivity index (χ4n) is 2.30. The van der Waals surface area contributed by atoms with Crippen LogP contribution in [0.4, 0.5) is 0 Å². The largest absolute Gasteiger partial charge is 0.347 e. The molecule has 0 aliphatic rings. The Morgan fingerprint density at radius 1 is 1.13 bits per heavy atom. The Morgan fingerprint density at radius 3 is 2.61 bits per heavy atom. The minimum Gasteiger partial charge on any atom is -0.347 e. The van der Waals surface area contributed by atoms with Gasteiger partial charge in [-0.3, -0.25) is 4.79 Å². The number of hydrazone groups is 1. The lowest BCUT2D eigenvalue weighted by atomic mass is 10.2. The minimum absolute atomic E-state index is 0.235. The quantitative estimate of drug-likeness (QED) is 0.585. The van der Waals surface area contributed by atoms with Crippen molar-refractivity contribution in [1.82, 2.24) is 14.6 Å². The second kappa shape index (κ2) is 6.36. The number of aryl methyl sites for hydroxylation is 1. The van der Waals surface area contributed by atoms with Gasteiger partial charge in [0.25, 0.3) is 5.91 Å². The molecule has 3 rings (SSSR count). The summed E-state index contributed by atoms with van der Waals surface area (Å²) in [6.45, 7) is 2.02. The number of benzene rings is 1. The van der Waals surface area contributed by atoms with Crippen LogP contribution in [0, 0.1) is 6.92 Å². The van der Waals surface area contributed by atoms with Crippen LogP contribution in [-0.4, -0.2) is 21.3 Å². The van der Waals surface area contributed by atoms with E-state index in [1.165, 1.54) is 0 Å². The number of aromatic nitrogens is 2. The van der Waals surface area contributed by atoms with Gasteiger partial charge < -0.3 is 9.13 Å². The van der Waals surface area contributed by atoms with Crippen LogP contribution in [0.25, 0.3) is 5.69 Å². The highest BCUT2D eigenvalue weighted by Gasteiger charge is 2.06. The summed E-state index contributed by atoms with van der Waals surface area (Å²) in [5.41, 5.74) is 6.14. The fraction of sp³-hybridized carbons (Fsp3) is 0.111. The Morgan fingerprint density at radius 2 is 1.91 bits per heavy atom. The van der Waals surface area contributed by atoms with Gasteiger partial charge in [0.1, 0.15) is 0 Å². The molecule has 0 unspecified atom stereocenters. The molecule has 5 nitrogen and oxygen atoms in total. The van der Waals surface area contributed by atoms with E-state index in [4.69, 9.17) is 0 Å². The molecule has 1 amide bonds. The van der Waals surface area contributed by atoms with Gasteiger partial charge in [-0.05, 0) is 49.4 Å². The Labute approximate surface area is 134 Å². The second-order valence-corrected chi connectivity index (χ2v) is 5.30. The van der Waals surface area contributed by atoms with Crippen LogP contribution in [-0.2, 0) is 7.05 Å². The highest BCUT2D eigenvalue weighted by atomic mass is 16.2. The maximum Gasteiger partial charge on any atom is 0.271 e. The zero-order valence-electron chi connectivity index (χ0n) is 13.1. The molecule has 0 radical (unpaired) electrons. The molecule has 116 valence electrons. The molecule has 2 aromatic heterocycles. The van der Waals surface area contributed by atoms with Crippen molar-refractivity contribution in [2.75, 3.05) is 0 Å². The average Bonchev–Trinajstić information content (AvgIpc) is 3.20. The molecular formula is C18H18N4O. The van der Waals surface area contributed by atoms with Crippen molar-refractivity contribution in [2.24, 2.45) is 12.1 Å². The molecule has 3 aromatic rings. The van der Waals surface area contributed by atoms with E-state index in [1.807, 2.05) is 78.0 Å². The van der Waals surface area contributed by atoms with Crippen molar-refractivity contribution >= 4 is 12.1 Å². The Hall–Kier alpha value is -3.08. The third-order valence-electron chi connectivity index (χ3n) is 3.79. The molecular weight excluding hydrogens is 288 g/mol. The Kier molecular flexibility index (Phi) is 4.10. The summed E-state index contributed by atoms with van der Waals surface area (Å²) in [6, 6.07) is 15.3. The maximum atomic E-state index is 12.2. The predicted molar refractivity (Wildman–Crippen MR) is 91.0 cm³/mol. The van der Waals surface area contributed by atoms with Crippen LogP contribution in [0.1, 0.15) is 21.7 Å². The summed E-state index contributed by atoms with van der Waals surface area (Å²) in [5, 5.41) is 4.03. The molecule has 0 spiro atoms. The molecule has 0 atom stereocenters. The van der Waals surface area contributed by atoms with Crippen molar-refractivity contribution < 1.29 is 4.79 Å². The smallest absolute Gasteiger partial charge is 0.271 e. The van der Waals surface area contributed by atoms with Gasteiger partial charge in [0, 0.05) is 36.4 Å². The summed E-state index contributed by atoms with van der Waals surface area (Å²) in [7, 11) is 1.96. The molecule has 1 N–H and O–H groups in total. The highest BCUT2D eigenvalue weighted by Crippen LogP contribution is 2.11. The van der Waals surface area contributed by atoms with Gasteiger partial charge in [-0.2, -0.15) is 5.10 Å². The van der Waals surface area contributed by atoms with E-state index in [2.05, 4.69) is 10.5 Å². The average molecular weight is 306 g/mol. The topological polar surface area (TPSA) is 51.3 Å². The zero-order chi connectivity index (χ0) is 16.2. The molecule has 0 aliphatic heterocycles. The number of nitrogens with one attached hydrogen (secondary N) is 1. The number of hydrogen-bond donors (Lipinski definition) is 1. The van der Waals surface area contributed by atoms with Gasteiger partial charge >= 0.3 is 0 Å². The number of rotatable bonds is 4. The van der Waals surface area contributed by atoms with Gasteiger partial charge in [0.15, 0.2) is 0 Å². The van der Waals surface area contributed by atoms with Crippen LogP contribution >= 0.6 is 0 Å². The highest BCUT2D eigenvalue weighted by molar-refractivity contribution is 5.95. The van der Waals surface area contributed by atoms with E-state index in [0.29, 0.717) is 5.56 Å². The van der Waals surface area contributed by atoms with Crippen molar-refractivity contribution in [2.45, 2.75) is 6.92 Å². The maximum absolute atomic E-state index is 12.2. The van der Waals surface area contributed by atoms with E-state index in [0.717, 1.165) is 17.1 Å². The van der Waals surface area contributed by atoms with E-state index >= 15 is 0 Å². The van der Waals surface area contributed by atoms with Crippen molar-refractivity contribution in [3.63, 3.8) is 0 Å². The number of nitrogens with zero attached hydrogens (tertiary/aromatic N) is 3. The van der Waals surface area contributed by atoms with Crippen LogP contribution in [0.3, 0.4) is 0 Å². The molecule has 0 bridgehead atoms. The first-order chi connectivity index (χ1) is 11.1. The third-order valence-corrected chi connectivity index (χ3v) is 3.79. The van der Waals surface area contributed by atoms with Crippen LogP contribution < -0.4 is 5.43 Å². The van der Waals surface area contributed by atoms with Gasteiger partial charge in [0.2, 0.25) is 0 Å². The standard InChI is InChI=1S/C18H18N4O/c1-14-8-9-17(21(14)2)13-19-20-18(23)15-6-5-7-16(12-15)22-10-3-4-11-22/h3-13H,1-2H3,(H,20,23)/b19-13-. The van der Waals surface area contributed by atoms with Gasteiger partial charge in [-0.15, -0.1) is 0 Å². The molecule has 0 aliphatic carbocycles. The summed E-state index contributed by atoms with van der Waals surface area (Å²) in [4.78, 5) is 12.2. The van der Waals surface area contributed by atoms with Crippen LogP contribution in [0.2, 0.25) is 0 Å². The van der Waals surface area contributed by atoms with Crippen molar-refractivity contribution in [3.05, 3.63) is 77.9 Å². The summed E-state index contributed by atoms with van der Waals surface area (Å²) < 4.78 is 3.95. The lowest BCUT2D eigenvalue weighted by Gasteiger charge is -2.05. The zero-order valence-corrected chi connectivity index (χ0v) is 13.1. The van der Waals surface area contributed by atoms with Crippen LogP contribution in [0.15, 0.2) is 66.0 Å². The number of hydrogen-bond acceptors (Lipinski definition) is 2. The molecule has 1 aromatic carbocycles. The Bertz CT molecular complexity index is 844. The molecule has 0 saturated heterocycles. The number of carbonyl (C=O) groups is 1. The van der Waals surface area contributed by atoms with E-state index < -0.39 is 0 Å². The first-order valence-electron chi connectivity index (χ1n) is 7.34. The normalized spacial score (nSPS) is 11.0. The summed E-state index contributed by atoms with van der Waals surface area (Å²) >= 11 is 0. The molecule has 0 saturated carbocycles. The van der Waals surface area contributed by atoms with Crippen LogP contribution in [0.5, 0.6) is 0 Å². The van der Waals surface area contributed by atoms with E-state index in [-0.39, 0.29) is 5.91 Å². The lowest BCUT2D eigenvalue weighted by Crippen LogP contribution is -2.18. The second-order valence-electron chi connectivity index (χ2n) is 5.30. The lowest BCUT2D eigenvalue weighted by molar-refractivity contribution is 0.0955. The monoisotopic (exact) mass is 306 g/mol. The van der Waals surface area contributed by atoms with Gasteiger partial charge in [-0.25, -0.2) is 5.43 Å². The molecule has 5 heteroatoms. The van der Waals surface area contributed by atoms with Crippen molar-refractivity contribution in [3.8, 4) is 5.69 Å². The minimum atomic E-state index is -0.235. The van der Waals surface area contributed by atoms with E-state index in [1.54, 1.807) is 12.3 Å². The molecule has 2 heterocycles. The van der Waals surface area contributed by atoms with E-state index in [9.17, 15) is 4.79 Å².